The second-order valence-corrected chi connectivity index (χ2v) is 10.3. The van der Waals surface area contributed by atoms with Gasteiger partial charge >= 0.3 is 0 Å². The first-order valence-corrected chi connectivity index (χ1v) is 12.5. The van der Waals surface area contributed by atoms with Gasteiger partial charge in [0.1, 0.15) is 0 Å². The molecule has 174 valence electrons. The van der Waals surface area contributed by atoms with Gasteiger partial charge in [-0.05, 0) is 79.0 Å². The number of carbonyl (C=O) groups excluding carboxylic acids is 2. The molecule has 0 heterocycles. The van der Waals surface area contributed by atoms with Gasteiger partial charge in [-0.25, -0.2) is 0 Å². The second-order valence-electron chi connectivity index (χ2n) is 10.3. The summed E-state index contributed by atoms with van der Waals surface area (Å²) in [5.41, 5.74) is 5.95. The second kappa shape index (κ2) is 12.1. The summed E-state index contributed by atoms with van der Waals surface area (Å²) >= 11 is 0. The Morgan fingerprint density at radius 1 is 0.688 bits per heavy atom. The Morgan fingerprint density at radius 2 is 1.19 bits per heavy atom. The Bertz CT molecular complexity index is 915. The van der Waals surface area contributed by atoms with E-state index in [2.05, 4.69) is 46.8 Å². The van der Waals surface area contributed by atoms with Crippen molar-refractivity contribution in [2.75, 3.05) is 0 Å². The van der Waals surface area contributed by atoms with Crippen molar-refractivity contribution in [2.24, 2.45) is 0 Å². The standard InChI is InChI=1S/C30H42O2/c1-7-9-11-13-23-15-22(3)16-25(17-23)28(31)21-29(32)26-18-24(14-12-10-8-2)19-27(20-26)30(4,5)6/h15-20H,7-14,21H2,1-6H3. The van der Waals surface area contributed by atoms with Gasteiger partial charge in [-0.3, -0.25) is 9.59 Å². The van der Waals surface area contributed by atoms with Crippen molar-refractivity contribution in [3.05, 3.63) is 69.8 Å². The third-order valence-corrected chi connectivity index (χ3v) is 6.10. The maximum atomic E-state index is 13.1. The van der Waals surface area contributed by atoms with Crippen molar-refractivity contribution in [3.63, 3.8) is 0 Å². The van der Waals surface area contributed by atoms with Gasteiger partial charge in [0, 0.05) is 11.1 Å². The molecule has 0 radical (unpaired) electrons. The highest BCUT2D eigenvalue weighted by Gasteiger charge is 2.20. The lowest BCUT2D eigenvalue weighted by molar-refractivity contribution is 0.0894. The van der Waals surface area contributed by atoms with Crippen LogP contribution in [-0.4, -0.2) is 11.6 Å². The van der Waals surface area contributed by atoms with Gasteiger partial charge in [-0.2, -0.15) is 0 Å². The van der Waals surface area contributed by atoms with Crippen LogP contribution in [0.2, 0.25) is 0 Å². The predicted octanol–water partition coefficient (Wildman–Crippen LogP) is 8.21. The lowest BCUT2D eigenvalue weighted by Gasteiger charge is -2.21. The first kappa shape index (κ1) is 26.0. The summed E-state index contributed by atoms with van der Waals surface area (Å²) in [6.07, 6.45) is 8.89. The summed E-state index contributed by atoms with van der Waals surface area (Å²) in [7, 11) is 0. The molecule has 0 saturated heterocycles. The molecule has 0 aliphatic rings. The zero-order chi connectivity index (χ0) is 23.7. The zero-order valence-electron chi connectivity index (χ0n) is 21.1. The summed E-state index contributed by atoms with van der Waals surface area (Å²) in [5, 5.41) is 0. The van der Waals surface area contributed by atoms with E-state index in [4.69, 9.17) is 0 Å². The Balaban J connectivity index is 2.22. The van der Waals surface area contributed by atoms with E-state index < -0.39 is 0 Å². The maximum Gasteiger partial charge on any atom is 0.170 e. The van der Waals surface area contributed by atoms with E-state index in [1.807, 2.05) is 31.2 Å². The number of unbranched alkanes of at least 4 members (excludes halogenated alkanes) is 4. The first-order chi connectivity index (χ1) is 15.1. The monoisotopic (exact) mass is 434 g/mol. The van der Waals surface area contributed by atoms with Crippen LogP contribution in [0.15, 0.2) is 36.4 Å². The van der Waals surface area contributed by atoms with Crippen molar-refractivity contribution in [1.82, 2.24) is 0 Å². The van der Waals surface area contributed by atoms with E-state index in [9.17, 15) is 9.59 Å². The number of Topliss-reactive ketones (excluding diaryl/α,β-unsaturated/α-hetero) is 2. The molecule has 0 spiro atoms. The summed E-state index contributed by atoms with van der Waals surface area (Å²) in [4.78, 5) is 26.2. The summed E-state index contributed by atoms with van der Waals surface area (Å²) in [5.74, 6) is -0.156. The van der Waals surface area contributed by atoms with Gasteiger partial charge in [0.2, 0.25) is 0 Å². The van der Waals surface area contributed by atoms with Crippen LogP contribution in [0, 0.1) is 6.92 Å². The Morgan fingerprint density at radius 3 is 1.69 bits per heavy atom. The topological polar surface area (TPSA) is 34.1 Å². The number of hydrogen-bond donors (Lipinski definition) is 0. The molecule has 0 aliphatic carbocycles. The molecule has 0 aromatic heterocycles. The molecule has 0 fully saturated rings. The van der Waals surface area contributed by atoms with Crippen LogP contribution in [0.5, 0.6) is 0 Å². The predicted molar refractivity (Wildman–Crippen MR) is 136 cm³/mol. The van der Waals surface area contributed by atoms with Crippen LogP contribution in [-0.2, 0) is 18.3 Å². The zero-order valence-corrected chi connectivity index (χ0v) is 21.1. The third-order valence-electron chi connectivity index (χ3n) is 6.10. The minimum Gasteiger partial charge on any atom is -0.294 e. The van der Waals surface area contributed by atoms with Gasteiger partial charge in [0.15, 0.2) is 11.6 Å². The molecule has 2 nitrogen and oxygen atoms in total. The minimum atomic E-state index is -0.0795. The first-order valence-electron chi connectivity index (χ1n) is 12.5. The number of ketones is 2. The van der Waals surface area contributed by atoms with Gasteiger partial charge < -0.3 is 0 Å². The fourth-order valence-electron chi connectivity index (χ4n) is 4.11. The van der Waals surface area contributed by atoms with Crippen molar-refractivity contribution in [3.8, 4) is 0 Å². The quantitative estimate of drug-likeness (QED) is 0.191. The molecule has 2 rings (SSSR count). The number of carbonyl (C=O) groups is 2. The van der Waals surface area contributed by atoms with E-state index in [0.717, 1.165) is 36.8 Å². The Kier molecular flexibility index (Phi) is 9.87. The van der Waals surface area contributed by atoms with Crippen LogP contribution in [0.25, 0.3) is 0 Å². The highest BCUT2D eigenvalue weighted by Crippen LogP contribution is 2.26. The summed E-state index contributed by atoms with van der Waals surface area (Å²) in [6, 6.07) is 12.3. The molecule has 2 heteroatoms. The number of rotatable bonds is 12. The number of hydrogen-bond acceptors (Lipinski definition) is 2. The van der Waals surface area contributed by atoms with Crippen molar-refractivity contribution in [2.45, 2.75) is 105 Å². The minimum absolute atomic E-state index is 0.0380. The Hall–Kier alpha value is -2.22. The van der Waals surface area contributed by atoms with Crippen LogP contribution >= 0.6 is 0 Å². The molecule has 0 saturated carbocycles. The lowest BCUT2D eigenvalue weighted by atomic mass is 9.83. The maximum absolute atomic E-state index is 13.1. The molecular weight excluding hydrogens is 392 g/mol. The number of benzene rings is 2. The van der Waals surface area contributed by atoms with Crippen LogP contribution in [0.1, 0.15) is 123 Å². The largest absolute Gasteiger partial charge is 0.294 e. The van der Waals surface area contributed by atoms with Crippen molar-refractivity contribution >= 4 is 11.6 Å². The molecule has 0 aliphatic heterocycles. The molecule has 0 N–H and O–H groups in total. The third kappa shape index (κ3) is 8.04. The number of aryl methyl sites for hydroxylation is 3. The molecule has 32 heavy (non-hydrogen) atoms. The van der Waals surface area contributed by atoms with E-state index in [1.54, 1.807) is 0 Å². The normalized spacial score (nSPS) is 11.6. The fourth-order valence-corrected chi connectivity index (χ4v) is 4.11. The van der Waals surface area contributed by atoms with Crippen LogP contribution in [0.4, 0.5) is 0 Å². The van der Waals surface area contributed by atoms with Crippen molar-refractivity contribution in [1.29, 1.82) is 0 Å². The highest BCUT2D eigenvalue weighted by atomic mass is 16.1. The SMILES string of the molecule is CCCCCc1cc(C)cc(C(=O)CC(=O)c2cc(CCCCC)cc(C(C)(C)C)c2)c1. The fraction of sp³-hybridized carbons (Fsp3) is 0.533. The Labute approximate surface area is 195 Å². The molecule has 0 amide bonds. The summed E-state index contributed by atoms with van der Waals surface area (Å²) in [6.45, 7) is 12.9. The van der Waals surface area contributed by atoms with Gasteiger partial charge in [-0.1, -0.05) is 78.0 Å². The van der Waals surface area contributed by atoms with Gasteiger partial charge in [0.25, 0.3) is 0 Å². The average Bonchev–Trinajstić information content (AvgIpc) is 2.73. The van der Waals surface area contributed by atoms with Crippen molar-refractivity contribution < 1.29 is 9.59 Å². The molecule has 2 aromatic carbocycles. The van der Waals surface area contributed by atoms with Crippen LogP contribution in [0.3, 0.4) is 0 Å². The molecule has 0 bridgehead atoms. The molecular formula is C30H42O2. The molecule has 2 aromatic rings. The van der Waals surface area contributed by atoms with Gasteiger partial charge in [0.05, 0.1) is 6.42 Å². The lowest BCUT2D eigenvalue weighted by Crippen LogP contribution is -2.15. The highest BCUT2D eigenvalue weighted by molar-refractivity contribution is 6.13. The average molecular weight is 435 g/mol. The van der Waals surface area contributed by atoms with E-state index in [-0.39, 0.29) is 23.4 Å². The smallest absolute Gasteiger partial charge is 0.170 e. The van der Waals surface area contributed by atoms with E-state index >= 15 is 0 Å². The molecule has 0 unspecified atom stereocenters. The van der Waals surface area contributed by atoms with E-state index in [1.165, 1.54) is 36.8 Å². The van der Waals surface area contributed by atoms with Gasteiger partial charge in [-0.15, -0.1) is 0 Å². The van der Waals surface area contributed by atoms with Crippen LogP contribution < -0.4 is 0 Å². The molecule has 0 atom stereocenters. The summed E-state index contributed by atoms with van der Waals surface area (Å²) < 4.78 is 0. The van der Waals surface area contributed by atoms with E-state index in [0.29, 0.717) is 11.1 Å².